The van der Waals surface area contributed by atoms with Gasteiger partial charge in [-0.15, -0.1) is 0 Å². The van der Waals surface area contributed by atoms with Crippen molar-refractivity contribution in [1.29, 1.82) is 0 Å². The fourth-order valence-corrected chi connectivity index (χ4v) is 3.22. The first-order valence-corrected chi connectivity index (χ1v) is 9.97. The number of rotatable bonds is 3. The van der Waals surface area contributed by atoms with Crippen LogP contribution >= 0.6 is 0 Å². The molecule has 1 heterocycles. The Morgan fingerprint density at radius 3 is 2.32 bits per heavy atom. The van der Waals surface area contributed by atoms with Gasteiger partial charge < -0.3 is 10.1 Å². The van der Waals surface area contributed by atoms with E-state index >= 15 is 0 Å². The second kappa shape index (κ2) is 7.03. The molecule has 25 heavy (non-hydrogen) atoms. The third-order valence-electron chi connectivity index (χ3n) is 3.73. The molecule has 0 radical (unpaired) electrons. The van der Waals surface area contributed by atoms with E-state index in [1.807, 2.05) is 0 Å². The number of likely N-dealkylation sites (tertiary alicyclic amines) is 1. The molecule has 0 aromatic heterocycles. The van der Waals surface area contributed by atoms with Crippen molar-refractivity contribution in [3.05, 3.63) is 24.3 Å². The SMILES string of the molecule is CC(C)(C)OC(=O)N1CCC[C@H]1C(=O)Nc1ccc(S(C)(=O)=O)cc1. The van der Waals surface area contributed by atoms with Gasteiger partial charge in [-0.1, -0.05) is 0 Å². The van der Waals surface area contributed by atoms with Gasteiger partial charge in [0.05, 0.1) is 4.90 Å². The zero-order chi connectivity index (χ0) is 18.8. The standard InChI is InChI=1S/C17H24N2O5S/c1-17(2,3)24-16(21)19-11-5-6-14(19)15(20)18-12-7-9-13(10-8-12)25(4,22)23/h7-10,14H,5-6,11H2,1-4H3,(H,18,20)/t14-/m0/s1. The van der Waals surface area contributed by atoms with Crippen molar-refractivity contribution in [3.8, 4) is 0 Å². The Balaban J connectivity index is 2.05. The van der Waals surface area contributed by atoms with Crippen molar-refractivity contribution in [2.45, 2.75) is 50.2 Å². The normalized spacial score (nSPS) is 18.1. The number of carbonyl (C=O) groups excluding carboxylic acids is 2. The van der Waals surface area contributed by atoms with E-state index in [-0.39, 0.29) is 10.8 Å². The average Bonchev–Trinajstić information content (AvgIpc) is 2.94. The summed E-state index contributed by atoms with van der Waals surface area (Å²) in [6, 6.07) is 5.34. The number of anilines is 1. The third kappa shape index (κ3) is 5.19. The summed E-state index contributed by atoms with van der Waals surface area (Å²) in [7, 11) is -3.28. The summed E-state index contributed by atoms with van der Waals surface area (Å²) in [4.78, 5) is 26.4. The van der Waals surface area contributed by atoms with Crippen LogP contribution in [-0.2, 0) is 19.4 Å². The lowest BCUT2D eigenvalue weighted by atomic mass is 10.2. The molecule has 0 saturated carbocycles. The summed E-state index contributed by atoms with van der Waals surface area (Å²) in [5.41, 5.74) is -0.143. The Morgan fingerprint density at radius 2 is 1.80 bits per heavy atom. The molecule has 1 fully saturated rings. The molecule has 1 atom stereocenters. The molecular weight excluding hydrogens is 344 g/mol. The molecule has 0 spiro atoms. The van der Waals surface area contributed by atoms with Crippen LogP contribution in [0.1, 0.15) is 33.6 Å². The zero-order valence-electron chi connectivity index (χ0n) is 14.9. The van der Waals surface area contributed by atoms with E-state index in [1.165, 1.54) is 29.2 Å². The predicted octanol–water partition coefficient (Wildman–Crippen LogP) is 2.43. The number of nitrogens with zero attached hydrogens (tertiary/aromatic N) is 1. The first kappa shape index (κ1) is 19.2. The summed E-state index contributed by atoms with van der Waals surface area (Å²) < 4.78 is 28.3. The van der Waals surface area contributed by atoms with E-state index in [0.717, 1.165) is 12.7 Å². The molecule has 8 heteroatoms. The Morgan fingerprint density at radius 1 is 1.20 bits per heavy atom. The number of sulfone groups is 1. The highest BCUT2D eigenvalue weighted by molar-refractivity contribution is 7.90. The quantitative estimate of drug-likeness (QED) is 0.884. The predicted molar refractivity (Wildman–Crippen MR) is 94.1 cm³/mol. The Kier molecular flexibility index (Phi) is 5.41. The van der Waals surface area contributed by atoms with Crippen molar-refractivity contribution in [3.63, 3.8) is 0 Å². The maximum Gasteiger partial charge on any atom is 0.410 e. The average molecular weight is 368 g/mol. The molecule has 1 aromatic carbocycles. The number of ether oxygens (including phenoxy) is 1. The van der Waals surface area contributed by atoms with E-state index < -0.39 is 27.6 Å². The number of nitrogens with one attached hydrogen (secondary N) is 1. The van der Waals surface area contributed by atoms with Gasteiger partial charge in [0.15, 0.2) is 9.84 Å². The largest absolute Gasteiger partial charge is 0.444 e. The van der Waals surface area contributed by atoms with Crippen LogP contribution in [0.4, 0.5) is 10.5 Å². The van der Waals surface area contributed by atoms with Crippen LogP contribution in [0.25, 0.3) is 0 Å². The van der Waals surface area contributed by atoms with Crippen LogP contribution in [0.5, 0.6) is 0 Å². The summed E-state index contributed by atoms with van der Waals surface area (Å²) in [5, 5.41) is 2.73. The van der Waals surface area contributed by atoms with Crippen molar-refractivity contribution in [2.75, 3.05) is 18.1 Å². The van der Waals surface area contributed by atoms with Gasteiger partial charge in [-0.2, -0.15) is 0 Å². The van der Waals surface area contributed by atoms with Crippen molar-refractivity contribution >= 4 is 27.5 Å². The van der Waals surface area contributed by atoms with E-state index in [0.29, 0.717) is 18.7 Å². The second-order valence-corrected chi connectivity index (χ2v) is 9.13. The van der Waals surface area contributed by atoms with Crippen LogP contribution < -0.4 is 5.32 Å². The topological polar surface area (TPSA) is 92.8 Å². The zero-order valence-corrected chi connectivity index (χ0v) is 15.7. The molecule has 1 aromatic rings. The maximum absolute atomic E-state index is 12.5. The summed E-state index contributed by atoms with van der Waals surface area (Å²) >= 11 is 0. The first-order valence-electron chi connectivity index (χ1n) is 8.08. The molecule has 1 N–H and O–H groups in total. The second-order valence-electron chi connectivity index (χ2n) is 7.12. The molecule has 1 aliphatic heterocycles. The summed E-state index contributed by atoms with van der Waals surface area (Å²) in [6.45, 7) is 5.80. The van der Waals surface area contributed by atoms with Gasteiger partial charge in [-0.25, -0.2) is 13.2 Å². The minimum Gasteiger partial charge on any atom is -0.444 e. The molecule has 2 rings (SSSR count). The van der Waals surface area contributed by atoms with E-state index in [9.17, 15) is 18.0 Å². The van der Waals surface area contributed by atoms with Crippen molar-refractivity contribution in [2.24, 2.45) is 0 Å². The molecule has 1 aliphatic rings. The monoisotopic (exact) mass is 368 g/mol. The smallest absolute Gasteiger partial charge is 0.410 e. The van der Waals surface area contributed by atoms with Crippen LogP contribution in [0.2, 0.25) is 0 Å². The first-order chi connectivity index (χ1) is 11.5. The van der Waals surface area contributed by atoms with E-state index in [1.54, 1.807) is 20.8 Å². The number of benzene rings is 1. The summed E-state index contributed by atoms with van der Waals surface area (Å²) in [6.07, 6.45) is 1.91. The van der Waals surface area contributed by atoms with Crippen molar-refractivity contribution in [1.82, 2.24) is 4.90 Å². The lowest BCUT2D eigenvalue weighted by Crippen LogP contribution is -2.45. The Hall–Kier alpha value is -2.09. The number of carbonyl (C=O) groups is 2. The highest BCUT2D eigenvalue weighted by atomic mass is 32.2. The van der Waals surface area contributed by atoms with Gasteiger partial charge in [0.1, 0.15) is 11.6 Å². The molecule has 0 unspecified atom stereocenters. The third-order valence-corrected chi connectivity index (χ3v) is 4.86. The fraction of sp³-hybridized carbons (Fsp3) is 0.529. The molecule has 138 valence electrons. The Labute approximate surface area is 148 Å². The molecule has 1 saturated heterocycles. The Bertz CT molecular complexity index is 750. The van der Waals surface area contributed by atoms with Crippen LogP contribution in [-0.4, -0.2) is 49.8 Å². The highest BCUT2D eigenvalue weighted by Gasteiger charge is 2.36. The maximum atomic E-state index is 12.5. The fourth-order valence-electron chi connectivity index (χ4n) is 2.59. The number of hydrogen-bond donors (Lipinski definition) is 1. The summed E-state index contributed by atoms with van der Waals surface area (Å²) in [5.74, 6) is -0.310. The molecular formula is C17H24N2O5S. The molecule has 0 aliphatic carbocycles. The van der Waals surface area contributed by atoms with Crippen LogP contribution in [0.15, 0.2) is 29.2 Å². The lowest BCUT2D eigenvalue weighted by molar-refractivity contribution is -0.120. The van der Waals surface area contributed by atoms with Gasteiger partial charge in [0.2, 0.25) is 5.91 Å². The highest BCUT2D eigenvalue weighted by Crippen LogP contribution is 2.22. The van der Waals surface area contributed by atoms with Crippen molar-refractivity contribution < 1.29 is 22.7 Å². The molecule has 7 nitrogen and oxygen atoms in total. The van der Waals surface area contributed by atoms with E-state index in [2.05, 4.69) is 5.32 Å². The molecule has 0 bridgehead atoms. The van der Waals surface area contributed by atoms with Gasteiger partial charge in [-0.05, 0) is 57.9 Å². The number of amides is 2. The van der Waals surface area contributed by atoms with Crippen LogP contribution in [0, 0.1) is 0 Å². The molecule has 2 amide bonds. The van der Waals surface area contributed by atoms with Gasteiger partial charge in [0, 0.05) is 18.5 Å². The minimum absolute atomic E-state index is 0.182. The van der Waals surface area contributed by atoms with Crippen LogP contribution in [0.3, 0.4) is 0 Å². The van der Waals surface area contributed by atoms with Gasteiger partial charge in [0.25, 0.3) is 0 Å². The minimum atomic E-state index is -3.28. The van der Waals surface area contributed by atoms with E-state index in [4.69, 9.17) is 4.74 Å². The van der Waals surface area contributed by atoms with Gasteiger partial charge in [-0.3, -0.25) is 9.69 Å². The van der Waals surface area contributed by atoms with Gasteiger partial charge >= 0.3 is 6.09 Å². The number of hydrogen-bond acceptors (Lipinski definition) is 5. The lowest BCUT2D eigenvalue weighted by Gasteiger charge is -2.28.